The molecule has 0 amide bonds. The van der Waals surface area contributed by atoms with Crippen LogP contribution in [0.25, 0.3) is 24.3 Å². The van der Waals surface area contributed by atoms with E-state index in [0.29, 0.717) is 0 Å². The highest BCUT2D eigenvalue weighted by Gasteiger charge is 2.14. The van der Waals surface area contributed by atoms with Crippen molar-refractivity contribution in [3.63, 3.8) is 0 Å². The van der Waals surface area contributed by atoms with Crippen LogP contribution in [0.2, 0.25) is 0 Å². The minimum absolute atomic E-state index is 0.357. The third-order valence-electron chi connectivity index (χ3n) is 5.21. The standard InChI is InChI=1S/C36H36O4/c1-35(2,3)39-33(37)25-23-31-19-15-29(16-20-31)13-11-27-7-9-28(10-8-27)12-14-30-17-21-32(22-18-30)24-26-34(38)40-36(4,5)6/h7,9,11-26H,1-6H3/b13-11+,14-12+,25-23+,26-24+. The van der Waals surface area contributed by atoms with Crippen LogP contribution in [0, 0.1) is 0 Å². The lowest BCUT2D eigenvalue weighted by atomic mass is 10.1. The van der Waals surface area contributed by atoms with Gasteiger partial charge in [-0.1, -0.05) is 72.1 Å². The Balaban J connectivity index is 1.56. The molecule has 0 spiro atoms. The molecule has 0 N–H and O–H groups in total. The lowest BCUT2D eigenvalue weighted by molar-refractivity contribution is -0.149. The van der Waals surface area contributed by atoms with Crippen LogP contribution >= 0.6 is 0 Å². The van der Waals surface area contributed by atoms with Crippen LogP contribution in [0.3, 0.4) is 0 Å². The molecule has 0 bridgehead atoms. The van der Waals surface area contributed by atoms with Gasteiger partial charge in [0.1, 0.15) is 11.2 Å². The average Bonchev–Trinajstić information content (AvgIpc) is 2.88. The SMILES string of the molecule is CC(C)(C)OC(=O)/C=C/c1ccc(/C=C/C2=C=C=C(/C=C/c3ccc(/C=C/C(=O)OC(C)(C)C)cc3)C=C2)cc1. The van der Waals surface area contributed by atoms with Crippen LogP contribution in [0.15, 0.2) is 108 Å². The first-order valence-corrected chi connectivity index (χ1v) is 13.2. The molecule has 0 unspecified atom stereocenters. The highest BCUT2D eigenvalue weighted by molar-refractivity contribution is 5.88. The fraction of sp³-hybridized carbons (Fsp3) is 0.222. The van der Waals surface area contributed by atoms with E-state index >= 15 is 0 Å². The van der Waals surface area contributed by atoms with E-state index in [0.717, 1.165) is 33.4 Å². The van der Waals surface area contributed by atoms with Crippen molar-refractivity contribution >= 4 is 36.2 Å². The number of rotatable bonds is 8. The van der Waals surface area contributed by atoms with E-state index in [1.165, 1.54) is 12.2 Å². The summed E-state index contributed by atoms with van der Waals surface area (Å²) in [6.45, 7) is 11.1. The monoisotopic (exact) mass is 532 g/mol. The normalized spacial score (nSPS) is 13.8. The molecule has 3 rings (SSSR count). The number of esters is 2. The average molecular weight is 533 g/mol. The molecule has 2 aromatic carbocycles. The maximum Gasteiger partial charge on any atom is 0.331 e. The Labute approximate surface area is 237 Å². The Morgan fingerprint density at radius 3 is 1.10 bits per heavy atom. The number of allylic oxidation sites excluding steroid dienone is 6. The molecule has 0 saturated heterocycles. The molecule has 0 aliphatic heterocycles. The maximum absolute atomic E-state index is 11.8. The Bertz CT molecular complexity index is 1350. The van der Waals surface area contributed by atoms with Crippen molar-refractivity contribution in [3.8, 4) is 0 Å². The molecule has 0 aromatic heterocycles. The minimum Gasteiger partial charge on any atom is -0.457 e. The summed E-state index contributed by atoms with van der Waals surface area (Å²) in [4.78, 5) is 23.7. The summed E-state index contributed by atoms with van der Waals surface area (Å²) in [5.74, 6) is -0.715. The van der Waals surface area contributed by atoms with Crippen molar-refractivity contribution in [2.75, 3.05) is 0 Å². The fourth-order valence-electron chi connectivity index (χ4n) is 3.41. The van der Waals surface area contributed by atoms with Gasteiger partial charge in [0.15, 0.2) is 0 Å². The maximum atomic E-state index is 11.8. The highest BCUT2D eigenvalue weighted by atomic mass is 16.6. The fourth-order valence-corrected chi connectivity index (χ4v) is 3.41. The van der Waals surface area contributed by atoms with Crippen molar-refractivity contribution in [2.45, 2.75) is 52.7 Å². The first kappa shape index (κ1) is 29.9. The van der Waals surface area contributed by atoms with E-state index in [1.807, 2.05) is 127 Å². The lowest BCUT2D eigenvalue weighted by Gasteiger charge is -2.17. The Morgan fingerprint density at radius 1 is 0.525 bits per heavy atom. The van der Waals surface area contributed by atoms with Crippen molar-refractivity contribution in [3.05, 3.63) is 130 Å². The largest absolute Gasteiger partial charge is 0.457 e. The Kier molecular flexibility index (Phi) is 10.1. The molecule has 40 heavy (non-hydrogen) atoms. The number of carbonyl (C=O) groups excluding carboxylic acids is 2. The van der Waals surface area contributed by atoms with Gasteiger partial charge < -0.3 is 9.47 Å². The van der Waals surface area contributed by atoms with Crippen molar-refractivity contribution < 1.29 is 19.1 Å². The summed E-state index contributed by atoms with van der Waals surface area (Å²) in [6, 6.07) is 15.8. The molecular formula is C36H36O4. The third-order valence-corrected chi connectivity index (χ3v) is 5.21. The van der Waals surface area contributed by atoms with E-state index < -0.39 is 11.2 Å². The minimum atomic E-state index is -0.504. The smallest absolute Gasteiger partial charge is 0.331 e. The summed E-state index contributed by atoms with van der Waals surface area (Å²) in [5, 5.41) is 0. The van der Waals surface area contributed by atoms with Crippen molar-refractivity contribution in [1.29, 1.82) is 0 Å². The molecule has 4 heteroatoms. The molecular weight excluding hydrogens is 496 g/mol. The molecule has 1 aliphatic carbocycles. The van der Waals surface area contributed by atoms with Gasteiger partial charge in [0, 0.05) is 23.3 Å². The molecule has 0 atom stereocenters. The first-order valence-electron chi connectivity index (χ1n) is 13.2. The lowest BCUT2D eigenvalue weighted by Crippen LogP contribution is -2.22. The van der Waals surface area contributed by atoms with Gasteiger partial charge in [-0.05, 0) is 100 Å². The number of ether oxygens (including phenoxy) is 2. The van der Waals surface area contributed by atoms with Crippen LogP contribution in [0.5, 0.6) is 0 Å². The highest BCUT2D eigenvalue weighted by Crippen LogP contribution is 2.15. The second kappa shape index (κ2) is 13.4. The van der Waals surface area contributed by atoms with E-state index in [1.54, 1.807) is 12.2 Å². The van der Waals surface area contributed by atoms with Gasteiger partial charge >= 0.3 is 11.9 Å². The van der Waals surface area contributed by atoms with Crippen LogP contribution in [0.4, 0.5) is 0 Å². The second-order valence-corrected chi connectivity index (χ2v) is 11.2. The van der Waals surface area contributed by atoms with Gasteiger partial charge in [-0.25, -0.2) is 9.59 Å². The topological polar surface area (TPSA) is 52.6 Å². The molecule has 1 aliphatic rings. The zero-order valence-electron chi connectivity index (χ0n) is 24.0. The third kappa shape index (κ3) is 11.4. The van der Waals surface area contributed by atoms with E-state index in [-0.39, 0.29) is 11.9 Å². The predicted octanol–water partition coefficient (Wildman–Crippen LogP) is 8.30. The first-order chi connectivity index (χ1) is 18.8. The van der Waals surface area contributed by atoms with Gasteiger partial charge in [0.05, 0.1) is 0 Å². The summed E-state index contributed by atoms with van der Waals surface area (Å²) in [5.41, 5.74) is 11.1. The summed E-state index contributed by atoms with van der Waals surface area (Å²) < 4.78 is 10.6. The van der Waals surface area contributed by atoms with Gasteiger partial charge in [-0.3, -0.25) is 0 Å². The quantitative estimate of drug-likeness (QED) is 0.195. The summed E-state index contributed by atoms with van der Waals surface area (Å²) in [6.07, 6.45) is 18.4. The molecule has 0 fully saturated rings. The summed E-state index contributed by atoms with van der Waals surface area (Å²) in [7, 11) is 0. The van der Waals surface area contributed by atoms with Crippen LogP contribution < -0.4 is 0 Å². The molecule has 2 aromatic rings. The Hall–Kier alpha value is -4.62. The van der Waals surface area contributed by atoms with Crippen LogP contribution in [-0.4, -0.2) is 23.1 Å². The molecule has 0 radical (unpaired) electrons. The molecule has 4 nitrogen and oxygen atoms in total. The van der Waals surface area contributed by atoms with E-state index in [4.69, 9.17) is 9.47 Å². The Morgan fingerprint density at radius 2 is 0.825 bits per heavy atom. The van der Waals surface area contributed by atoms with Crippen LogP contribution in [-0.2, 0) is 19.1 Å². The van der Waals surface area contributed by atoms with Gasteiger partial charge in [-0.2, -0.15) is 0 Å². The predicted molar refractivity (Wildman–Crippen MR) is 164 cm³/mol. The molecule has 204 valence electrons. The van der Waals surface area contributed by atoms with Gasteiger partial charge in [-0.15, -0.1) is 0 Å². The second-order valence-electron chi connectivity index (χ2n) is 11.2. The van der Waals surface area contributed by atoms with Crippen molar-refractivity contribution in [1.82, 2.24) is 0 Å². The number of hydrogen-bond acceptors (Lipinski definition) is 4. The van der Waals surface area contributed by atoms with Gasteiger partial charge in [0.25, 0.3) is 0 Å². The van der Waals surface area contributed by atoms with Crippen molar-refractivity contribution in [2.24, 2.45) is 0 Å². The van der Waals surface area contributed by atoms with Crippen LogP contribution in [0.1, 0.15) is 63.8 Å². The van der Waals surface area contributed by atoms with E-state index in [9.17, 15) is 9.59 Å². The number of hydrogen-bond donors (Lipinski definition) is 0. The molecule has 0 heterocycles. The zero-order chi connectivity index (χ0) is 29.2. The zero-order valence-corrected chi connectivity index (χ0v) is 24.0. The number of carbonyl (C=O) groups is 2. The summed E-state index contributed by atoms with van der Waals surface area (Å²) >= 11 is 0. The molecule has 0 saturated carbocycles. The number of benzene rings is 2. The van der Waals surface area contributed by atoms with E-state index in [2.05, 4.69) is 11.5 Å². The van der Waals surface area contributed by atoms with Gasteiger partial charge in [0.2, 0.25) is 0 Å².